The molecule has 0 atom stereocenters. The van der Waals surface area contributed by atoms with Crippen molar-refractivity contribution in [3.63, 3.8) is 0 Å². The van der Waals surface area contributed by atoms with Gasteiger partial charge >= 0.3 is 0 Å². The Balaban J connectivity index is 1.62. The van der Waals surface area contributed by atoms with Gasteiger partial charge in [-0.25, -0.2) is 13.8 Å². The standard InChI is InChI=1S/C18H13BrF2N2O2/c19-11-4-6-12(7-5-11)23-16(24)8-9-17-22-10-15(25-17)18-13(20)2-1-3-14(18)21/h1-7,10H,8-9H2,(H,23,24). The van der Waals surface area contributed by atoms with Crippen LogP contribution in [-0.2, 0) is 11.2 Å². The summed E-state index contributed by atoms with van der Waals surface area (Å²) in [6.45, 7) is 0. The summed E-state index contributed by atoms with van der Waals surface area (Å²) in [6, 6.07) is 10.7. The first-order valence-electron chi connectivity index (χ1n) is 7.47. The molecule has 0 aliphatic rings. The second kappa shape index (κ2) is 7.57. The van der Waals surface area contributed by atoms with Gasteiger partial charge in [-0.3, -0.25) is 4.79 Å². The third-order valence-electron chi connectivity index (χ3n) is 3.46. The zero-order valence-corrected chi connectivity index (χ0v) is 14.5. The molecule has 0 aliphatic carbocycles. The highest BCUT2D eigenvalue weighted by Crippen LogP contribution is 2.26. The van der Waals surface area contributed by atoms with Crippen molar-refractivity contribution in [1.82, 2.24) is 4.98 Å². The molecule has 0 fully saturated rings. The summed E-state index contributed by atoms with van der Waals surface area (Å²) in [5.41, 5.74) is 0.412. The van der Waals surface area contributed by atoms with Gasteiger partial charge in [0.1, 0.15) is 11.6 Å². The van der Waals surface area contributed by atoms with Crippen LogP contribution in [-0.4, -0.2) is 10.9 Å². The lowest BCUT2D eigenvalue weighted by molar-refractivity contribution is -0.116. The third kappa shape index (κ3) is 4.30. The van der Waals surface area contributed by atoms with Crippen molar-refractivity contribution in [2.24, 2.45) is 0 Å². The SMILES string of the molecule is O=C(CCc1ncc(-c2c(F)cccc2F)o1)Nc1ccc(Br)cc1. The second-order valence-corrected chi connectivity index (χ2v) is 6.19. The van der Waals surface area contributed by atoms with E-state index >= 15 is 0 Å². The summed E-state index contributed by atoms with van der Waals surface area (Å²) in [7, 11) is 0. The van der Waals surface area contributed by atoms with Crippen LogP contribution < -0.4 is 5.32 Å². The van der Waals surface area contributed by atoms with Crippen LogP contribution in [0.25, 0.3) is 11.3 Å². The molecule has 1 aromatic heterocycles. The van der Waals surface area contributed by atoms with Crippen molar-refractivity contribution in [2.45, 2.75) is 12.8 Å². The number of rotatable bonds is 5. The molecule has 4 nitrogen and oxygen atoms in total. The molecule has 25 heavy (non-hydrogen) atoms. The first kappa shape index (κ1) is 17.3. The number of anilines is 1. The molecule has 1 heterocycles. The third-order valence-corrected chi connectivity index (χ3v) is 3.99. The number of halogens is 3. The van der Waals surface area contributed by atoms with Gasteiger partial charge in [-0.05, 0) is 36.4 Å². The Labute approximate surface area is 151 Å². The molecule has 128 valence electrons. The Morgan fingerprint density at radius 1 is 1.12 bits per heavy atom. The quantitative estimate of drug-likeness (QED) is 0.651. The van der Waals surface area contributed by atoms with Crippen molar-refractivity contribution in [3.05, 3.63) is 70.7 Å². The predicted octanol–water partition coefficient (Wildman–Crippen LogP) is 4.95. The molecule has 0 bridgehead atoms. The van der Waals surface area contributed by atoms with Gasteiger partial charge in [-0.1, -0.05) is 22.0 Å². The first-order valence-corrected chi connectivity index (χ1v) is 8.27. The lowest BCUT2D eigenvalue weighted by atomic mass is 10.1. The summed E-state index contributed by atoms with van der Waals surface area (Å²) >= 11 is 3.32. The highest BCUT2D eigenvalue weighted by atomic mass is 79.9. The van der Waals surface area contributed by atoms with E-state index in [1.807, 2.05) is 12.1 Å². The molecule has 1 amide bonds. The van der Waals surface area contributed by atoms with Gasteiger partial charge in [-0.2, -0.15) is 0 Å². The number of carbonyl (C=O) groups excluding carboxylic acids is 1. The van der Waals surface area contributed by atoms with Crippen LogP contribution in [0.15, 0.2) is 57.6 Å². The molecule has 0 radical (unpaired) electrons. The van der Waals surface area contributed by atoms with Crippen molar-refractivity contribution < 1.29 is 18.0 Å². The van der Waals surface area contributed by atoms with Crippen molar-refractivity contribution in [3.8, 4) is 11.3 Å². The minimum Gasteiger partial charge on any atom is -0.441 e. The molecule has 0 unspecified atom stereocenters. The van der Waals surface area contributed by atoms with Gasteiger partial charge in [0.05, 0.1) is 11.8 Å². The molecule has 2 aromatic carbocycles. The van der Waals surface area contributed by atoms with Crippen LogP contribution in [0.1, 0.15) is 12.3 Å². The number of nitrogens with zero attached hydrogens (tertiary/aromatic N) is 1. The lowest BCUT2D eigenvalue weighted by Crippen LogP contribution is -2.12. The van der Waals surface area contributed by atoms with Gasteiger partial charge < -0.3 is 9.73 Å². The maximum atomic E-state index is 13.7. The Bertz CT molecular complexity index is 874. The van der Waals surface area contributed by atoms with Crippen LogP contribution >= 0.6 is 15.9 Å². The number of benzene rings is 2. The highest BCUT2D eigenvalue weighted by Gasteiger charge is 2.16. The molecular formula is C18H13BrF2N2O2. The van der Waals surface area contributed by atoms with Crippen LogP contribution in [0.2, 0.25) is 0 Å². The number of amides is 1. The molecule has 0 spiro atoms. The fourth-order valence-corrected chi connectivity index (χ4v) is 2.52. The number of hydrogen-bond acceptors (Lipinski definition) is 3. The van der Waals surface area contributed by atoms with Crippen molar-refractivity contribution in [2.75, 3.05) is 5.32 Å². The van der Waals surface area contributed by atoms with Crippen molar-refractivity contribution in [1.29, 1.82) is 0 Å². The zero-order chi connectivity index (χ0) is 17.8. The minimum atomic E-state index is -0.726. The molecule has 3 rings (SSSR count). The normalized spacial score (nSPS) is 10.7. The van der Waals surface area contributed by atoms with E-state index in [1.165, 1.54) is 12.3 Å². The molecule has 3 aromatic rings. The first-order chi connectivity index (χ1) is 12.0. The maximum absolute atomic E-state index is 13.7. The van der Waals surface area contributed by atoms with Crippen LogP contribution in [0.3, 0.4) is 0 Å². The second-order valence-electron chi connectivity index (χ2n) is 5.27. The largest absolute Gasteiger partial charge is 0.441 e. The average molecular weight is 407 g/mol. The van der Waals surface area contributed by atoms with Gasteiger partial charge in [-0.15, -0.1) is 0 Å². The predicted molar refractivity (Wildman–Crippen MR) is 92.9 cm³/mol. The van der Waals surface area contributed by atoms with E-state index in [-0.39, 0.29) is 36.0 Å². The summed E-state index contributed by atoms with van der Waals surface area (Å²) in [4.78, 5) is 15.9. The lowest BCUT2D eigenvalue weighted by Gasteiger charge is -2.04. The van der Waals surface area contributed by atoms with Crippen LogP contribution in [0, 0.1) is 11.6 Å². The Morgan fingerprint density at radius 3 is 2.48 bits per heavy atom. The molecular weight excluding hydrogens is 394 g/mol. The topological polar surface area (TPSA) is 55.1 Å². The Morgan fingerprint density at radius 2 is 1.80 bits per heavy atom. The van der Waals surface area contributed by atoms with E-state index in [0.717, 1.165) is 16.6 Å². The van der Waals surface area contributed by atoms with E-state index in [2.05, 4.69) is 26.2 Å². The molecule has 1 N–H and O–H groups in total. The van der Waals surface area contributed by atoms with E-state index in [1.54, 1.807) is 12.1 Å². The smallest absolute Gasteiger partial charge is 0.224 e. The Kier molecular flexibility index (Phi) is 5.23. The van der Waals surface area contributed by atoms with E-state index in [0.29, 0.717) is 5.69 Å². The van der Waals surface area contributed by atoms with Gasteiger partial charge in [0.2, 0.25) is 5.91 Å². The number of aryl methyl sites for hydroxylation is 1. The number of hydrogen-bond donors (Lipinski definition) is 1. The summed E-state index contributed by atoms with van der Waals surface area (Å²) in [6.07, 6.45) is 1.61. The fourth-order valence-electron chi connectivity index (χ4n) is 2.25. The highest BCUT2D eigenvalue weighted by molar-refractivity contribution is 9.10. The minimum absolute atomic E-state index is 0.00100. The van der Waals surface area contributed by atoms with Gasteiger partial charge in [0, 0.05) is 23.0 Å². The van der Waals surface area contributed by atoms with Gasteiger partial charge in [0.25, 0.3) is 0 Å². The number of oxazole rings is 1. The summed E-state index contributed by atoms with van der Waals surface area (Å²) in [5, 5.41) is 2.75. The summed E-state index contributed by atoms with van der Waals surface area (Å²) in [5.74, 6) is -1.42. The van der Waals surface area contributed by atoms with E-state index in [4.69, 9.17) is 4.42 Å². The molecule has 0 aliphatic heterocycles. The molecule has 0 saturated carbocycles. The van der Waals surface area contributed by atoms with Crippen LogP contribution in [0.4, 0.5) is 14.5 Å². The zero-order valence-electron chi connectivity index (χ0n) is 12.9. The molecule has 0 saturated heterocycles. The maximum Gasteiger partial charge on any atom is 0.224 e. The number of carbonyl (C=O) groups is 1. The van der Waals surface area contributed by atoms with E-state index in [9.17, 15) is 13.6 Å². The number of aromatic nitrogens is 1. The van der Waals surface area contributed by atoms with E-state index < -0.39 is 11.6 Å². The summed E-state index contributed by atoms with van der Waals surface area (Å²) < 4.78 is 33.8. The van der Waals surface area contributed by atoms with Crippen molar-refractivity contribution >= 4 is 27.5 Å². The number of nitrogens with one attached hydrogen (secondary N) is 1. The van der Waals surface area contributed by atoms with Crippen LogP contribution in [0.5, 0.6) is 0 Å². The monoisotopic (exact) mass is 406 g/mol. The fraction of sp³-hybridized carbons (Fsp3) is 0.111. The molecule has 7 heteroatoms. The van der Waals surface area contributed by atoms with Gasteiger partial charge in [0.15, 0.2) is 11.7 Å². The Hall–Kier alpha value is -2.54. The average Bonchev–Trinajstić information content (AvgIpc) is 3.04.